The molecule has 2 aliphatic rings. The Balaban J connectivity index is 1.01. The van der Waals surface area contributed by atoms with E-state index < -0.39 is 23.3 Å². The third-order valence-electron chi connectivity index (χ3n) is 12.4. The van der Waals surface area contributed by atoms with Crippen LogP contribution in [0.5, 0.6) is 11.5 Å². The van der Waals surface area contributed by atoms with Crippen LogP contribution in [0.15, 0.2) is 201 Å². The molecule has 0 bridgehead atoms. The topological polar surface area (TPSA) is 18.5 Å². The van der Waals surface area contributed by atoms with Crippen LogP contribution in [0.3, 0.4) is 0 Å². The van der Waals surface area contributed by atoms with Crippen molar-refractivity contribution in [3.63, 3.8) is 0 Å². The minimum absolute atomic E-state index is 0.0265. The molecule has 0 N–H and O–H groups in total. The predicted molar refractivity (Wildman–Crippen MR) is 297 cm³/mol. The summed E-state index contributed by atoms with van der Waals surface area (Å²) in [7, 11) is 0. The predicted octanol–water partition coefficient (Wildman–Crippen LogP) is 20.1. The van der Waals surface area contributed by atoms with E-state index in [-0.39, 0.29) is 31.4 Å². The molecule has 358 valence electrons. The van der Waals surface area contributed by atoms with Crippen LogP contribution < -0.4 is 9.47 Å². The highest BCUT2D eigenvalue weighted by atomic mass is 32.2. The molecule has 2 aliphatic heterocycles. The van der Waals surface area contributed by atoms with E-state index in [4.69, 9.17) is 9.47 Å². The Morgan fingerprint density at radius 3 is 1.10 bits per heavy atom. The SMILES string of the molecule is C=CCCOc1ccc(-c2ccc(-c3ccc(-c4csc(C5Sc6ccccc6S5)c4-c4c(-c5ccc(-c6ccc(OCCC=C)cc6)c(F)c5F)csc4C4Sc5ccccc5S4)cc3)c(F)c2F)cc1. The molecule has 0 atom stereocenters. The van der Waals surface area contributed by atoms with Gasteiger partial charge in [0, 0.05) is 73.8 Å². The highest BCUT2D eigenvalue weighted by Crippen LogP contribution is 2.65. The zero-order chi connectivity index (χ0) is 49.3. The van der Waals surface area contributed by atoms with Crippen LogP contribution in [0, 0.1) is 23.3 Å². The van der Waals surface area contributed by atoms with Crippen LogP contribution in [-0.4, -0.2) is 13.2 Å². The fourth-order valence-corrected chi connectivity index (χ4v) is 17.3. The van der Waals surface area contributed by atoms with Gasteiger partial charge in [0.05, 0.1) is 22.4 Å². The van der Waals surface area contributed by atoms with Crippen molar-refractivity contribution < 1.29 is 27.0 Å². The van der Waals surface area contributed by atoms with Crippen LogP contribution in [0.1, 0.15) is 31.8 Å². The fraction of sp³-hybridized carbons (Fsp3) is 0.100. The molecule has 72 heavy (non-hydrogen) atoms. The van der Waals surface area contributed by atoms with E-state index >= 15 is 17.6 Å². The summed E-state index contributed by atoms with van der Waals surface area (Å²) < 4.78 is 77.3. The summed E-state index contributed by atoms with van der Waals surface area (Å²) in [4.78, 5) is 6.86. The normalized spacial score (nSPS) is 13.3. The van der Waals surface area contributed by atoms with Crippen LogP contribution in [-0.2, 0) is 0 Å². The van der Waals surface area contributed by atoms with Gasteiger partial charge >= 0.3 is 0 Å². The van der Waals surface area contributed by atoms with E-state index in [0.29, 0.717) is 59.8 Å². The van der Waals surface area contributed by atoms with E-state index in [1.54, 1.807) is 155 Å². The molecule has 12 heteroatoms. The van der Waals surface area contributed by atoms with Gasteiger partial charge in [-0.1, -0.05) is 109 Å². The Kier molecular flexibility index (Phi) is 14.3. The van der Waals surface area contributed by atoms with Crippen LogP contribution >= 0.6 is 69.7 Å². The van der Waals surface area contributed by atoms with Crippen molar-refractivity contribution in [2.75, 3.05) is 13.2 Å². The highest BCUT2D eigenvalue weighted by Gasteiger charge is 2.36. The zero-order valence-corrected chi connectivity index (χ0v) is 43.2. The minimum Gasteiger partial charge on any atom is -0.493 e. The lowest BCUT2D eigenvalue weighted by atomic mass is 9.90. The third kappa shape index (κ3) is 9.49. The van der Waals surface area contributed by atoms with Crippen LogP contribution in [0.2, 0.25) is 0 Å². The molecule has 0 saturated carbocycles. The second-order valence-electron chi connectivity index (χ2n) is 16.9. The molecule has 4 heterocycles. The average molecular weight is 1060 g/mol. The molecule has 2 nitrogen and oxygen atoms in total. The molecular formula is C60H42F4O2S6. The van der Waals surface area contributed by atoms with Gasteiger partial charge in [0.1, 0.15) is 11.5 Å². The number of hydrogen-bond acceptors (Lipinski definition) is 8. The second-order valence-corrected chi connectivity index (χ2v) is 23.9. The van der Waals surface area contributed by atoms with Crippen LogP contribution in [0.25, 0.3) is 66.8 Å². The van der Waals surface area contributed by atoms with Crippen molar-refractivity contribution in [3.8, 4) is 78.3 Å². The monoisotopic (exact) mass is 1060 g/mol. The lowest BCUT2D eigenvalue weighted by Crippen LogP contribution is -1.98. The summed E-state index contributed by atoms with van der Waals surface area (Å²) in [5.74, 6) is -2.46. The maximum atomic E-state index is 17.1. The minimum atomic E-state index is -0.939. The van der Waals surface area contributed by atoms with Gasteiger partial charge in [0.25, 0.3) is 0 Å². The molecule has 0 radical (unpaired) electrons. The van der Waals surface area contributed by atoms with Crippen molar-refractivity contribution in [1.82, 2.24) is 0 Å². The van der Waals surface area contributed by atoms with Crippen molar-refractivity contribution in [2.45, 2.75) is 41.6 Å². The lowest BCUT2D eigenvalue weighted by molar-refractivity contribution is 0.325. The molecule has 11 rings (SSSR count). The van der Waals surface area contributed by atoms with Gasteiger partial charge < -0.3 is 9.47 Å². The molecule has 2 aromatic heterocycles. The lowest BCUT2D eigenvalue weighted by Gasteiger charge is -2.18. The largest absolute Gasteiger partial charge is 0.493 e. The number of halogens is 4. The second kappa shape index (κ2) is 21.3. The van der Waals surface area contributed by atoms with Crippen molar-refractivity contribution in [1.29, 1.82) is 0 Å². The van der Waals surface area contributed by atoms with Gasteiger partial charge in [-0.25, -0.2) is 17.6 Å². The molecule has 0 fully saturated rings. The number of fused-ring (bicyclic) bond motifs is 2. The summed E-state index contributed by atoms with van der Waals surface area (Å²) in [6.07, 6.45) is 4.94. The summed E-state index contributed by atoms with van der Waals surface area (Å²) in [6, 6.07) is 44.8. The molecule has 0 aliphatic carbocycles. The number of benzene rings is 7. The van der Waals surface area contributed by atoms with Crippen molar-refractivity contribution in [3.05, 3.63) is 215 Å². The number of rotatable bonds is 16. The Morgan fingerprint density at radius 1 is 0.389 bits per heavy atom. The summed E-state index contributed by atoms with van der Waals surface area (Å²) in [6.45, 7) is 8.41. The molecule has 9 aromatic rings. The number of thioether (sulfide) groups is 4. The molecule has 7 aromatic carbocycles. The highest BCUT2D eigenvalue weighted by molar-refractivity contribution is 8.19. The van der Waals surface area contributed by atoms with Crippen LogP contribution in [0.4, 0.5) is 17.6 Å². The quantitative estimate of drug-likeness (QED) is 0.0541. The summed E-state index contributed by atoms with van der Waals surface area (Å²) in [5, 5.41) is 4.13. The summed E-state index contributed by atoms with van der Waals surface area (Å²) >= 11 is 10.3. The van der Waals surface area contributed by atoms with E-state index in [2.05, 4.69) is 42.8 Å². The van der Waals surface area contributed by atoms with Gasteiger partial charge in [-0.05, 0) is 94.4 Å². The first kappa shape index (κ1) is 48.4. The van der Waals surface area contributed by atoms with Gasteiger partial charge in [-0.3, -0.25) is 0 Å². The van der Waals surface area contributed by atoms with Crippen molar-refractivity contribution >= 4 is 69.7 Å². The maximum absolute atomic E-state index is 17.1. The first-order valence-corrected chi connectivity index (χ1v) is 28.4. The molecule has 0 amide bonds. The van der Waals surface area contributed by atoms with Gasteiger partial charge in [-0.15, -0.1) is 82.9 Å². The van der Waals surface area contributed by atoms with E-state index in [0.717, 1.165) is 32.0 Å². The molecule has 0 spiro atoms. The Labute approximate surface area is 441 Å². The Hall–Kier alpha value is -5.86. The molecule has 0 saturated heterocycles. The van der Waals surface area contributed by atoms with Gasteiger partial charge in [0.15, 0.2) is 23.3 Å². The molecular weight excluding hydrogens is 1020 g/mol. The fourth-order valence-electron chi connectivity index (χ4n) is 8.82. The average Bonchev–Trinajstić information content (AvgIpc) is 4.23. The summed E-state index contributed by atoms with van der Waals surface area (Å²) in [5.41, 5.74) is 6.39. The number of thiophene rings is 2. The Bertz CT molecular complexity index is 3430. The first-order chi connectivity index (χ1) is 35.3. The first-order valence-electron chi connectivity index (χ1n) is 23.1. The third-order valence-corrected chi connectivity index (χ3v) is 20.8. The van der Waals surface area contributed by atoms with E-state index in [9.17, 15) is 0 Å². The van der Waals surface area contributed by atoms with Gasteiger partial charge in [0.2, 0.25) is 0 Å². The van der Waals surface area contributed by atoms with Gasteiger partial charge in [-0.2, -0.15) is 0 Å². The van der Waals surface area contributed by atoms with E-state index in [1.165, 1.54) is 19.6 Å². The maximum Gasteiger partial charge on any atom is 0.167 e. The number of ether oxygens (including phenoxy) is 2. The zero-order valence-electron chi connectivity index (χ0n) is 38.3. The van der Waals surface area contributed by atoms with E-state index in [1.807, 2.05) is 53.9 Å². The molecule has 0 unspecified atom stereocenters. The smallest absolute Gasteiger partial charge is 0.167 e. The standard InChI is InChI=1S/C60H42F4O2S6/c1-3-5-31-65-39-23-19-36(20-24-39)42-28-27-41(53(61)54(42)62)35-15-17-38(18-16-35)45-33-67-57(59-69-47-11-7-8-12-48(47)70-59)51(45)52-46(34-68-58(52)60-71-49-13-9-10-14-50(49)72-60)44-30-29-43(55(63)56(44)64)37-21-25-40(26-22-37)66-32-6-4-2/h3-4,7-30,33-34,59-60H,1-2,5-6,31-32H2. The van der Waals surface area contributed by atoms with Crippen molar-refractivity contribution in [2.24, 2.45) is 0 Å². The number of hydrogen-bond donors (Lipinski definition) is 0. The Morgan fingerprint density at radius 2 is 0.708 bits per heavy atom.